The molecular formula is C15H32N2. The van der Waals surface area contributed by atoms with E-state index >= 15 is 0 Å². The van der Waals surface area contributed by atoms with Crippen molar-refractivity contribution in [3.63, 3.8) is 0 Å². The maximum Gasteiger partial charge on any atom is 0.00354 e. The third-order valence-corrected chi connectivity index (χ3v) is 4.32. The third kappa shape index (κ3) is 4.97. The van der Waals surface area contributed by atoms with Crippen LogP contribution in [-0.2, 0) is 0 Å². The second-order valence-corrected chi connectivity index (χ2v) is 7.21. The standard InChI is InChI=1S/C15H32N2/c1-12(2)15(5,6)11-17-9-13(3)7-16-8-14(4)10-17/h12-14,16H,7-11H2,1-6H3. The smallest absolute Gasteiger partial charge is 0.00354 e. The van der Waals surface area contributed by atoms with E-state index in [1.165, 1.54) is 32.7 Å². The summed E-state index contributed by atoms with van der Waals surface area (Å²) in [5, 5.41) is 3.57. The molecule has 2 atom stereocenters. The van der Waals surface area contributed by atoms with Crippen molar-refractivity contribution in [2.75, 3.05) is 32.7 Å². The van der Waals surface area contributed by atoms with Gasteiger partial charge in [0.2, 0.25) is 0 Å². The molecule has 2 heteroatoms. The summed E-state index contributed by atoms with van der Waals surface area (Å²) in [5.41, 5.74) is 0.423. The van der Waals surface area contributed by atoms with E-state index in [4.69, 9.17) is 0 Å². The van der Waals surface area contributed by atoms with Crippen molar-refractivity contribution in [2.45, 2.75) is 41.5 Å². The Morgan fingerprint density at radius 2 is 1.59 bits per heavy atom. The molecule has 0 aromatic carbocycles. The molecule has 1 aliphatic rings. The summed E-state index contributed by atoms with van der Waals surface area (Å²) in [6.07, 6.45) is 0. The van der Waals surface area contributed by atoms with Crippen LogP contribution in [0.15, 0.2) is 0 Å². The fourth-order valence-electron chi connectivity index (χ4n) is 2.55. The summed E-state index contributed by atoms with van der Waals surface area (Å²) in [5.74, 6) is 2.28. The van der Waals surface area contributed by atoms with Crippen LogP contribution in [0.1, 0.15) is 41.5 Å². The van der Waals surface area contributed by atoms with Crippen molar-refractivity contribution in [1.82, 2.24) is 10.2 Å². The van der Waals surface area contributed by atoms with Gasteiger partial charge in [0.05, 0.1) is 0 Å². The van der Waals surface area contributed by atoms with Crippen molar-refractivity contribution in [3.05, 3.63) is 0 Å². The number of hydrogen-bond donors (Lipinski definition) is 1. The van der Waals surface area contributed by atoms with Gasteiger partial charge in [-0.05, 0) is 36.3 Å². The molecule has 1 aliphatic heterocycles. The van der Waals surface area contributed by atoms with Crippen LogP contribution in [0.3, 0.4) is 0 Å². The molecule has 0 aliphatic carbocycles. The molecule has 1 rings (SSSR count). The van der Waals surface area contributed by atoms with E-state index in [1.54, 1.807) is 0 Å². The van der Waals surface area contributed by atoms with Crippen molar-refractivity contribution in [1.29, 1.82) is 0 Å². The van der Waals surface area contributed by atoms with Gasteiger partial charge in [-0.25, -0.2) is 0 Å². The zero-order chi connectivity index (χ0) is 13.1. The summed E-state index contributed by atoms with van der Waals surface area (Å²) in [6, 6.07) is 0. The monoisotopic (exact) mass is 240 g/mol. The molecule has 0 amide bonds. The average Bonchev–Trinajstić information content (AvgIpc) is 2.13. The number of rotatable bonds is 3. The largest absolute Gasteiger partial charge is 0.316 e. The van der Waals surface area contributed by atoms with E-state index < -0.39 is 0 Å². The highest BCUT2D eigenvalue weighted by Gasteiger charge is 2.27. The highest BCUT2D eigenvalue weighted by Crippen LogP contribution is 2.28. The van der Waals surface area contributed by atoms with Gasteiger partial charge in [0.1, 0.15) is 0 Å². The van der Waals surface area contributed by atoms with Gasteiger partial charge in [0, 0.05) is 19.6 Å². The summed E-state index contributed by atoms with van der Waals surface area (Å²) < 4.78 is 0. The van der Waals surface area contributed by atoms with Gasteiger partial charge in [-0.1, -0.05) is 41.5 Å². The summed E-state index contributed by atoms with van der Waals surface area (Å²) in [7, 11) is 0. The first-order chi connectivity index (χ1) is 7.81. The Labute approximate surface area is 108 Å². The molecule has 0 bridgehead atoms. The van der Waals surface area contributed by atoms with E-state index in [9.17, 15) is 0 Å². The molecule has 2 nitrogen and oxygen atoms in total. The van der Waals surface area contributed by atoms with E-state index in [2.05, 4.69) is 51.8 Å². The quantitative estimate of drug-likeness (QED) is 0.816. The molecule has 0 aromatic rings. The van der Waals surface area contributed by atoms with E-state index in [-0.39, 0.29) is 0 Å². The normalized spacial score (nSPS) is 29.1. The fourth-order valence-corrected chi connectivity index (χ4v) is 2.55. The Morgan fingerprint density at radius 1 is 1.12 bits per heavy atom. The lowest BCUT2D eigenvalue weighted by Gasteiger charge is -2.39. The lowest BCUT2D eigenvalue weighted by molar-refractivity contribution is 0.101. The lowest BCUT2D eigenvalue weighted by Crippen LogP contribution is -2.46. The Kier molecular flexibility index (Phi) is 5.46. The zero-order valence-corrected chi connectivity index (χ0v) is 12.7. The van der Waals surface area contributed by atoms with Crippen molar-refractivity contribution < 1.29 is 0 Å². The minimum atomic E-state index is 0.423. The second kappa shape index (κ2) is 6.19. The maximum absolute atomic E-state index is 3.57. The Morgan fingerprint density at radius 3 is 2.00 bits per heavy atom. The molecule has 0 aromatic heterocycles. The molecule has 1 N–H and O–H groups in total. The highest BCUT2D eigenvalue weighted by atomic mass is 15.1. The second-order valence-electron chi connectivity index (χ2n) is 7.21. The van der Waals surface area contributed by atoms with Gasteiger partial charge in [-0.15, -0.1) is 0 Å². The summed E-state index contributed by atoms with van der Waals surface area (Å²) in [6.45, 7) is 20.3. The Hall–Kier alpha value is -0.0800. The number of hydrogen-bond acceptors (Lipinski definition) is 2. The first-order valence-corrected chi connectivity index (χ1v) is 7.24. The van der Waals surface area contributed by atoms with E-state index in [0.717, 1.165) is 17.8 Å². The van der Waals surface area contributed by atoms with Crippen LogP contribution in [0.25, 0.3) is 0 Å². The highest BCUT2D eigenvalue weighted by molar-refractivity contribution is 4.80. The molecule has 0 radical (unpaired) electrons. The summed E-state index contributed by atoms with van der Waals surface area (Å²) in [4.78, 5) is 2.69. The molecular weight excluding hydrogens is 208 g/mol. The molecule has 0 saturated carbocycles. The summed E-state index contributed by atoms with van der Waals surface area (Å²) >= 11 is 0. The van der Waals surface area contributed by atoms with Gasteiger partial charge in [0.25, 0.3) is 0 Å². The molecule has 1 fully saturated rings. The van der Waals surface area contributed by atoms with Crippen molar-refractivity contribution >= 4 is 0 Å². The van der Waals surface area contributed by atoms with Crippen molar-refractivity contribution in [3.8, 4) is 0 Å². The SMILES string of the molecule is CC1CNCC(C)CN(CC(C)(C)C(C)C)C1. The topological polar surface area (TPSA) is 15.3 Å². The lowest BCUT2D eigenvalue weighted by atomic mass is 9.80. The van der Waals surface area contributed by atoms with Crippen LogP contribution in [0, 0.1) is 23.2 Å². The van der Waals surface area contributed by atoms with Gasteiger partial charge in [0.15, 0.2) is 0 Å². The van der Waals surface area contributed by atoms with Crippen LogP contribution in [0.5, 0.6) is 0 Å². The first kappa shape index (κ1) is 15.0. The van der Waals surface area contributed by atoms with Gasteiger partial charge in [-0.3, -0.25) is 0 Å². The maximum atomic E-state index is 3.57. The molecule has 2 unspecified atom stereocenters. The van der Waals surface area contributed by atoms with E-state index in [0.29, 0.717) is 5.41 Å². The molecule has 0 spiro atoms. The predicted octanol–water partition coefficient (Wildman–Crippen LogP) is 2.85. The third-order valence-electron chi connectivity index (χ3n) is 4.32. The average molecular weight is 240 g/mol. The Balaban J connectivity index is 2.59. The fraction of sp³-hybridized carbons (Fsp3) is 1.00. The van der Waals surface area contributed by atoms with Crippen LogP contribution >= 0.6 is 0 Å². The molecule has 1 saturated heterocycles. The van der Waals surface area contributed by atoms with Crippen LogP contribution in [-0.4, -0.2) is 37.6 Å². The predicted molar refractivity (Wildman–Crippen MR) is 76.3 cm³/mol. The first-order valence-electron chi connectivity index (χ1n) is 7.24. The minimum absolute atomic E-state index is 0.423. The molecule has 1 heterocycles. The van der Waals surface area contributed by atoms with Crippen LogP contribution < -0.4 is 5.32 Å². The van der Waals surface area contributed by atoms with Gasteiger partial charge < -0.3 is 10.2 Å². The molecule has 17 heavy (non-hydrogen) atoms. The number of nitrogens with one attached hydrogen (secondary N) is 1. The number of nitrogens with zero attached hydrogens (tertiary/aromatic N) is 1. The van der Waals surface area contributed by atoms with Crippen LogP contribution in [0.2, 0.25) is 0 Å². The zero-order valence-electron chi connectivity index (χ0n) is 12.7. The minimum Gasteiger partial charge on any atom is -0.316 e. The van der Waals surface area contributed by atoms with Crippen molar-refractivity contribution in [2.24, 2.45) is 23.2 Å². The van der Waals surface area contributed by atoms with Crippen LogP contribution in [0.4, 0.5) is 0 Å². The van der Waals surface area contributed by atoms with E-state index in [1.807, 2.05) is 0 Å². The molecule has 102 valence electrons. The van der Waals surface area contributed by atoms with Gasteiger partial charge in [-0.2, -0.15) is 0 Å². The van der Waals surface area contributed by atoms with Gasteiger partial charge >= 0.3 is 0 Å². The Bertz CT molecular complexity index is 211.